The van der Waals surface area contributed by atoms with Crippen molar-refractivity contribution in [3.8, 4) is 0 Å². The molecule has 0 radical (unpaired) electrons. The fourth-order valence-corrected chi connectivity index (χ4v) is 0. The van der Waals surface area contributed by atoms with Gasteiger partial charge in [0.1, 0.15) is 0 Å². The second-order valence-corrected chi connectivity index (χ2v) is 14.1. The molecule has 0 heterocycles. The van der Waals surface area contributed by atoms with Crippen LogP contribution in [0.5, 0.6) is 0 Å². The monoisotopic (exact) mass is 316 g/mol. The third kappa shape index (κ3) is 46.0. The zero-order valence-electron chi connectivity index (χ0n) is 3.58. The van der Waals surface area contributed by atoms with E-state index in [4.69, 9.17) is 27.6 Å². The van der Waals surface area contributed by atoms with Crippen molar-refractivity contribution in [2.75, 3.05) is 0 Å². The van der Waals surface area contributed by atoms with E-state index >= 15 is 0 Å². The first-order valence-electron chi connectivity index (χ1n) is 0.507. The molecule has 0 N–H and O–H groups in total. The minimum atomic E-state index is -2.18. The first-order chi connectivity index (χ1) is 1.73. The van der Waals surface area contributed by atoms with Crippen molar-refractivity contribution in [1.82, 2.24) is 0 Å². The van der Waals surface area contributed by atoms with E-state index in [2.05, 4.69) is 0 Å². The third-order valence-electron chi connectivity index (χ3n) is 0. The molecule has 4 heteroatoms. The van der Waals surface area contributed by atoms with Crippen LogP contribution in [0.25, 0.3) is 0 Å². The van der Waals surface area contributed by atoms with Crippen LogP contribution >= 0.6 is 27.6 Å². The van der Waals surface area contributed by atoms with Crippen LogP contribution < -0.4 is 0 Å². The molecule has 0 bridgehead atoms. The summed E-state index contributed by atoms with van der Waals surface area (Å²) in [4.78, 5) is 0. The normalized spacial score (nSPS) is 6.00. The van der Waals surface area contributed by atoms with E-state index in [1.54, 1.807) is 0 Å². The summed E-state index contributed by atoms with van der Waals surface area (Å²) in [6.07, 6.45) is 0. The summed E-state index contributed by atoms with van der Waals surface area (Å²) in [6.45, 7) is 0. The van der Waals surface area contributed by atoms with E-state index in [0.29, 0.717) is 0 Å². The molecule has 0 aromatic heterocycles. The Labute approximate surface area is 57.4 Å². The second kappa shape index (κ2) is 9.79. The predicted molar refractivity (Wildman–Crippen MR) is 30.4 cm³/mol. The number of hydrogen-bond acceptors (Lipinski definition) is 0. The van der Waals surface area contributed by atoms with Crippen LogP contribution in [0.3, 0.4) is 0 Å². The van der Waals surface area contributed by atoms with Gasteiger partial charge in [-0.2, -0.15) is 0 Å². The minimum absolute atomic E-state index is 0. The van der Waals surface area contributed by atoms with Crippen LogP contribution in [0.15, 0.2) is 0 Å². The SMILES string of the molecule is [CH3-].[CH3-].[Cl][Ta]([Cl])[Cl]. The predicted octanol–water partition coefficient (Wildman–Crippen LogP) is 2.97. The summed E-state index contributed by atoms with van der Waals surface area (Å²) in [5, 5.41) is 0. The Balaban J connectivity index is -0.0000000450. The Morgan fingerprint density at radius 2 is 0.833 bits per heavy atom. The third-order valence-corrected chi connectivity index (χ3v) is 0. The van der Waals surface area contributed by atoms with Crippen molar-refractivity contribution in [2.45, 2.75) is 0 Å². The summed E-state index contributed by atoms with van der Waals surface area (Å²) in [6, 6.07) is 0. The molecular formula is C2H6Cl3Ta-2. The molecule has 0 saturated carbocycles. The molecule has 0 rings (SSSR count). The molecule has 0 aliphatic rings. The topological polar surface area (TPSA) is 0 Å². The van der Waals surface area contributed by atoms with Crippen LogP contribution in [0.4, 0.5) is 0 Å². The first-order valence-corrected chi connectivity index (χ1v) is 12.5. The molecular weight excluding hydrogens is 311 g/mol. The summed E-state index contributed by atoms with van der Waals surface area (Å²) in [7, 11) is 15.0. The Morgan fingerprint density at radius 1 is 0.833 bits per heavy atom. The van der Waals surface area contributed by atoms with Gasteiger partial charge in [0.05, 0.1) is 0 Å². The van der Waals surface area contributed by atoms with Gasteiger partial charge in [0, 0.05) is 0 Å². The fourth-order valence-electron chi connectivity index (χ4n) is 0. The van der Waals surface area contributed by atoms with Gasteiger partial charge < -0.3 is 14.9 Å². The zero-order valence-corrected chi connectivity index (χ0v) is 9.06. The number of halogens is 3. The maximum atomic E-state index is 5.01. The fraction of sp³-hybridized carbons (Fsp3) is 0. The van der Waals surface area contributed by atoms with E-state index in [9.17, 15) is 0 Å². The molecule has 0 fully saturated rings. The van der Waals surface area contributed by atoms with Gasteiger partial charge in [0.25, 0.3) is 0 Å². The molecule has 0 aliphatic heterocycles. The molecule has 6 heavy (non-hydrogen) atoms. The Morgan fingerprint density at radius 3 is 0.833 bits per heavy atom. The van der Waals surface area contributed by atoms with Gasteiger partial charge in [-0.3, -0.25) is 0 Å². The van der Waals surface area contributed by atoms with Gasteiger partial charge in [0.15, 0.2) is 0 Å². The second-order valence-electron chi connectivity index (χ2n) is 0.192. The average Bonchev–Trinajstić information content (AvgIpc) is 0.811. The Hall–Kier alpha value is 1.61. The zero-order chi connectivity index (χ0) is 3.58. The maximum absolute atomic E-state index is 5.01. The molecule has 0 aromatic rings. The van der Waals surface area contributed by atoms with Gasteiger partial charge in [-0.25, -0.2) is 0 Å². The number of rotatable bonds is 0. The standard InChI is InChI=1S/2CH3.3ClH.Ta/h2*1H3;3*1H;/q2*-1;;;;+3/p-3. The first kappa shape index (κ1) is 15.6. The molecule has 42 valence electrons. The molecule has 0 aromatic carbocycles. The van der Waals surface area contributed by atoms with Crippen molar-refractivity contribution in [2.24, 2.45) is 0 Å². The van der Waals surface area contributed by atoms with Crippen molar-refractivity contribution in [1.29, 1.82) is 0 Å². The summed E-state index contributed by atoms with van der Waals surface area (Å²) >= 11 is -2.18. The van der Waals surface area contributed by atoms with E-state index in [0.717, 1.165) is 0 Å². The molecule has 0 nitrogen and oxygen atoms in total. The van der Waals surface area contributed by atoms with Gasteiger partial charge in [0.2, 0.25) is 0 Å². The number of hydrogen-bond donors (Lipinski definition) is 0. The van der Waals surface area contributed by atoms with Crippen molar-refractivity contribution in [3.05, 3.63) is 14.9 Å². The molecule has 0 unspecified atom stereocenters. The van der Waals surface area contributed by atoms with Crippen LogP contribution in [0.1, 0.15) is 0 Å². The molecule has 0 saturated heterocycles. The van der Waals surface area contributed by atoms with E-state index in [-0.39, 0.29) is 14.9 Å². The van der Waals surface area contributed by atoms with Crippen molar-refractivity contribution in [3.63, 3.8) is 0 Å². The van der Waals surface area contributed by atoms with E-state index in [1.807, 2.05) is 0 Å². The van der Waals surface area contributed by atoms with Gasteiger partial charge in [-0.15, -0.1) is 0 Å². The van der Waals surface area contributed by atoms with Crippen LogP contribution in [0.2, 0.25) is 0 Å². The van der Waals surface area contributed by atoms with Crippen LogP contribution in [-0.4, -0.2) is 0 Å². The quantitative estimate of drug-likeness (QED) is 0.603. The average molecular weight is 317 g/mol. The molecule has 0 spiro atoms. The van der Waals surface area contributed by atoms with Crippen molar-refractivity contribution >= 4 is 27.6 Å². The Bertz CT molecular complexity index is 13.5. The molecule has 0 aliphatic carbocycles. The Kier molecular flexibility index (Phi) is 25.5. The molecule has 0 atom stereocenters. The molecule has 0 amide bonds. The van der Waals surface area contributed by atoms with Crippen LogP contribution in [-0.2, 0) is 15.2 Å². The van der Waals surface area contributed by atoms with Gasteiger partial charge in [-0.1, -0.05) is 0 Å². The van der Waals surface area contributed by atoms with E-state index in [1.165, 1.54) is 0 Å². The van der Waals surface area contributed by atoms with Crippen molar-refractivity contribution < 1.29 is 15.2 Å². The van der Waals surface area contributed by atoms with E-state index < -0.39 is 15.2 Å². The summed E-state index contributed by atoms with van der Waals surface area (Å²) in [5.41, 5.74) is 0. The summed E-state index contributed by atoms with van der Waals surface area (Å²) < 4.78 is 0. The van der Waals surface area contributed by atoms with Gasteiger partial charge in [-0.05, 0) is 0 Å². The van der Waals surface area contributed by atoms with Crippen LogP contribution in [0, 0.1) is 14.9 Å². The van der Waals surface area contributed by atoms with Gasteiger partial charge >= 0.3 is 42.8 Å². The summed E-state index contributed by atoms with van der Waals surface area (Å²) in [5.74, 6) is 0.